The molecule has 0 N–H and O–H groups in total. The number of furan rings is 1. The lowest BCUT2D eigenvalue weighted by atomic mass is 9.82. The summed E-state index contributed by atoms with van der Waals surface area (Å²) in [5, 5.41) is 1.70. The van der Waals surface area contributed by atoms with Crippen LogP contribution < -0.4 is 0 Å². The van der Waals surface area contributed by atoms with Gasteiger partial charge in [-0.05, 0) is 84.2 Å². The molecular weight excluding hydrogens is 544 g/mol. The Morgan fingerprint density at radius 3 is 1.60 bits per heavy atom. The van der Waals surface area contributed by atoms with E-state index in [9.17, 15) is 4.11 Å². The van der Waals surface area contributed by atoms with Crippen molar-refractivity contribution in [3.05, 3.63) is 169 Å². The van der Waals surface area contributed by atoms with Crippen LogP contribution in [0.4, 0.5) is 0 Å². The third-order valence-corrected chi connectivity index (χ3v) is 8.00. The van der Waals surface area contributed by atoms with Gasteiger partial charge in [0.25, 0.3) is 0 Å². The number of rotatable bonds is 4. The summed E-state index contributed by atoms with van der Waals surface area (Å²) >= 11 is 0. The van der Waals surface area contributed by atoms with Gasteiger partial charge in [0, 0.05) is 10.8 Å². The van der Waals surface area contributed by atoms with Gasteiger partial charge in [-0.1, -0.05) is 151 Å². The van der Waals surface area contributed by atoms with Crippen molar-refractivity contribution in [2.24, 2.45) is 0 Å². The van der Waals surface area contributed by atoms with Crippen LogP contribution in [-0.4, -0.2) is 0 Å². The largest absolute Gasteiger partial charge is 0.456 e. The third-order valence-electron chi connectivity index (χ3n) is 8.00. The average Bonchev–Trinajstić information content (AvgIpc) is 3.67. The van der Waals surface area contributed by atoms with Gasteiger partial charge in [-0.15, -0.1) is 0 Å². The van der Waals surface area contributed by atoms with Gasteiger partial charge in [-0.2, -0.15) is 0 Å². The van der Waals surface area contributed by atoms with Crippen LogP contribution in [0.1, 0.15) is 20.6 Å². The number of hydrogen-bond acceptors (Lipinski definition) is 1. The molecule has 0 atom stereocenters. The summed E-state index contributed by atoms with van der Waals surface area (Å²) in [5.41, 5.74) is 0.636. The predicted octanol–water partition coefficient (Wildman–Crippen LogP) is 12.6. The van der Waals surface area contributed by atoms with Crippen LogP contribution in [0.15, 0.2) is 174 Å². The Labute approximate surface area is 282 Å². The lowest BCUT2D eigenvalue weighted by Gasteiger charge is -2.21. The summed E-state index contributed by atoms with van der Waals surface area (Å²) < 4.78 is 139. The zero-order chi connectivity index (χ0) is 42.8. The van der Waals surface area contributed by atoms with Gasteiger partial charge in [0.05, 0.1) is 20.6 Å². The molecule has 0 aliphatic heterocycles. The maximum absolute atomic E-state index is 10.00. The number of hydrogen-bond donors (Lipinski definition) is 0. The van der Waals surface area contributed by atoms with Crippen LogP contribution in [-0.2, 0) is 0 Å². The summed E-state index contributed by atoms with van der Waals surface area (Å²) in [7, 11) is 0. The van der Waals surface area contributed by atoms with Crippen molar-refractivity contribution in [1.29, 1.82) is 0 Å². The summed E-state index contributed by atoms with van der Waals surface area (Å²) in [6, 6.07) is 14.8. The Morgan fingerprint density at radius 2 is 0.911 bits per heavy atom. The molecule has 0 radical (unpaired) electrons. The minimum atomic E-state index is -0.677. The number of fused-ring (bicyclic) bond motifs is 5. The molecule has 0 aliphatic rings. The zero-order valence-electron chi connectivity index (χ0n) is 38.4. The molecule has 0 amide bonds. The molecule has 0 spiro atoms. The summed E-state index contributed by atoms with van der Waals surface area (Å²) in [6.45, 7) is 0. The predicted molar refractivity (Wildman–Crippen MR) is 190 cm³/mol. The van der Waals surface area contributed by atoms with Crippen LogP contribution in [0, 0.1) is 0 Å². The smallest absolute Gasteiger partial charge is 0.136 e. The first-order valence-electron chi connectivity index (χ1n) is 21.7. The molecule has 1 heteroatoms. The molecule has 0 aliphatic carbocycles. The average molecular weight is 588 g/mol. The number of para-hydroxylation sites is 1. The molecule has 8 aromatic carbocycles. The molecule has 0 saturated carbocycles. The first kappa shape index (κ1) is 14.7. The van der Waals surface area contributed by atoms with Gasteiger partial charge in [-0.3, -0.25) is 0 Å². The SMILES string of the molecule is [2H]c1c([2H])c([2H])c(-c2c([2H])c([2H])c([2H])c([2H])c2-c2c3ccccc3c(-c3c(-c4ccccc4)c([2H])c4oc5c([2H])c([2H])c([2H])c([2H])c5c4c3[2H])c3ccccc23)c([2H])c1[2H]. The van der Waals surface area contributed by atoms with Gasteiger partial charge in [-0.25, -0.2) is 0 Å². The van der Waals surface area contributed by atoms with Crippen molar-refractivity contribution in [3.8, 4) is 44.5 Å². The van der Waals surface area contributed by atoms with E-state index >= 15 is 0 Å². The second-order valence-electron chi connectivity index (χ2n) is 10.5. The molecule has 0 fully saturated rings. The highest BCUT2D eigenvalue weighted by molar-refractivity contribution is 6.24. The van der Waals surface area contributed by atoms with Crippen LogP contribution in [0.5, 0.6) is 0 Å². The second kappa shape index (κ2) is 10.4. The van der Waals surface area contributed by atoms with Gasteiger partial charge < -0.3 is 4.42 Å². The van der Waals surface area contributed by atoms with Crippen molar-refractivity contribution in [2.45, 2.75) is 0 Å². The minimum absolute atomic E-state index is 0.00886. The van der Waals surface area contributed by atoms with Crippen molar-refractivity contribution in [2.75, 3.05) is 0 Å². The van der Waals surface area contributed by atoms with E-state index in [1.54, 1.807) is 78.9 Å². The highest BCUT2D eigenvalue weighted by atomic mass is 16.3. The maximum atomic E-state index is 10.00. The van der Waals surface area contributed by atoms with E-state index in [-0.39, 0.29) is 61.8 Å². The molecule has 1 nitrogen and oxygen atoms in total. The van der Waals surface area contributed by atoms with E-state index in [0.717, 1.165) is 0 Å². The molecule has 210 valence electrons. The van der Waals surface area contributed by atoms with E-state index in [1.165, 1.54) is 0 Å². The third kappa shape index (κ3) is 4.09. The highest BCUT2D eigenvalue weighted by Gasteiger charge is 2.22. The van der Waals surface area contributed by atoms with Crippen LogP contribution in [0.2, 0.25) is 0 Å². The Bertz CT molecular complexity index is 3290. The quantitative estimate of drug-likeness (QED) is 0.187. The zero-order valence-corrected chi connectivity index (χ0v) is 23.4. The summed E-state index contributed by atoms with van der Waals surface area (Å²) in [6.07, 6.45) is 0. The topological polar surface area (TPSA) is 13.1 Å². The Kier molecular flexibility index (Phi) is 3.39. The molecular formula is C44H28O. The van der Waals surface area contributed by atoms with Gasteiger partial charge in [0.15, 0.2) is 0 Å². The lowest BCUT2D eigenvalue weighted by molar-refractivity contribution is 0.669. The number of benzene rings is 8. The van der Waals surface area contributed by atoms with Crippen molar-refractivity contribution in [1.82, 2.24) is 0 Å². The summed E-state index contributed by atoms with van der Waals surface area (Å²) in [4.78, 5) is 0. The monoisotopic (exact) mass is 587 g/mol. The second-order valence-corrected chi connectivity index (χ2v) is 10.5. The molecule has 1 aromatic heterocycles. The minimum Gasteiger partial charge on any atom is -0.456 e. The molecule has 1 heterocycles. The fourth-order valence-electron chi connectivity index (χ4n) is 6.13. The van der Waals surface area contributed by atoms with Crippen LogP contribution in [0.3, 0.4) is 0 Å². The maximum Gasteiger partial charge on any atom is 0.136 e. The molecule has 9 rings (SSSR count). The first-order chi connectivity index (χ1) is 28.6. The van der Waals surface area contributed by atoms with Gasteiger partial charge in [0.1, 0.15) is 11.2 Å². The molecule has 0 unspecified atom stereocenters. The Morgan fingerprint density at radius 1 is 0.356 bits per heavy atom. The molecule has 0 saturated heterocycles. The Balaban J connectivity index is 1.53. The van der Waals surface area contributed by atoms with E-state index < -0.39 is 84.1 Å². The highest BCUT2D eigenvalue weighted by Crippen LogP contribution is 2.49. The van der Waals surface area contributed by atoms with E-state index in [4.69, 9.17) is 20.9 Å². The standard InChI is InChI=1S/C44H28O/c1-3-15-29(16-4-1)31-19-7-8-21-33(31)43-34-22-9-11-24-36(34)44(37-25-12-10-23-35(37)43)40-27-39-32-20-13-14-26-41(32)45-42(39)28-38(40)30-17-5-2-6-18-30/h1-28H/i1D,3D,4D,7D,8D,13D,14D,15D,16D,19D,20D,21D,26D,27D,28D. The molecule has 0 bridgehead atoms. The normalized spacial score (nSPS) is 16.2. The lowest BCUT2D eigenvalue weighted by Crippen LogP contribution is -1.94. The molecule has 45 heavy (non-hydrogen) atoms. The van der Waals surface area contributed by atoms with Crippen molar-refractivity contribution < 1.29 is 25.0 Å². The fourth-order valence-corrected chi connectivity index (χ4v) is 6.13. The Hall–Kier alpha value is -5.92. The van der Waals surface area contributed by atoms with E-state index in [0.29, 0.717) is 32.7 Å². The van der Waals surface area contributed by atoms with Crippen LogP contribution in [0.25, 0.3) is 88.0 Å². The summed E-state index contributed by atoms with van der Waals surface area (Å²) in [5.74, 6) is 0. The van der Waals surface area contributed by atoms with Gasteiger partial charge >= 0.3 is 0 Å². The van der Waals surface area contributed by atoms with E-state index in [2.05, 4.69) is 0 Å². The first-order valence-corrected chi connectivity index (χ1v) is 14.2. The van der Waals surface area contributed by atoms with Crippen molar-refractivity contribution in [3.63, 3.8) is 0 Å². The van der Waals surface area contributed by atoms with Crippen molar-refractivity contribution >= 4 is 43.5 Å². The van der Waals surface area contributed by atoms with Gasteiger partial charge in [0.2, 0.25) is 0 Å². The van der Waals surface area contributed by atoms with Crippen LogP contribution >= 0.6 is 0 Å². The molecule has 9 aromatic rings. The fraction of sp³-hybridized carbons (Fsp3) is 0. The van der Waals surface area contributed by atoms with E-state index in [1.807, 2.05) is 0 Å².